The molecule has 0 saturated heterocycles. The van der Waals surface area contributed by atoms with Crippen molar-refractivity contribution in [2.24, 2.45) is 12.0 Å². The van der Waals surface area contributed by atoms with E-state index in [1.807, 2.05) is 25.6 Å². The molecule has 2 rings (SSSR count). The molecule has 148 valence electrons. The van der Waals surface area contributed by atoms with Gasteiger partial charge in [-0.1, -0.05) is 17.7 Å². The summed E-state index contributed by atoms with van der Waals surface area (Å²) in [7, 11) is 1.96. The van der Waals surface area contributed by atoms with Crippen LogP contribution in [0, 0.1) is 19.7 Å². The third-order valence-electron chi connectivity index (χ3n) is 4.59. The van der Waals surface area contributed by atoms with Crippen LogP contribution < -0.4 is 10.6 Å². The van der Waals surface area contributed by atoms with Gasteiger partial charge in [-0.15, -0.1) is 0 Å². The molecule has 7 heteroatoms. The smallest absolute Gasteiger partial charge is 0.191 e. The number of benzene rings is 1. The van der Waals surface area contributed by atoms with E-state index in [0.29, 0.717) is 23.6 Å². The first-order chi connectivity index (χ1) is 12.8. The molecule has 1 unspecified atom stereocenters. The van der Waals surface area contributed by atoms with Crippen molar-refractivity contribution < 1.29 is 4.39 Å². The van der Waals surface area contributed by atoms with Gasteiger partial charge in [0.1, 0.15) is 5.82 Å². The third kappa shape index (κ3) is 5.70. The summed E-state index contributed by atoms with van der Waals surface area (Å²) in [6.45, 7) is 9.46. The lowest BCUT2D eigenvalue weighted by Crippen LogP contribution is -2.43. The lowest BCUT2D eigenvalue weighted by atomic mass is 10.1. The Balaban J connectivity index is 2.00. The van der Waals surface area contributed by atoms with Crippen LogP contribution in [0.25, 0.3) is 0 Å². The Labute approximate surface area is 166 Å². The van der Waals surface area contributed by atoms with Crippen molar-refractivity contribution in [3.8, 4) is 0 Å². The van der Waals surface area contributed by atoms with Gasteiger partial charge in [0.25, 0.3) is 0 Å². The van der Waals surface area contributed by atoms with Gasteiger partial charge in [-0.2, -0.15) is 5.10 Å². The van der Waals surface area contributed by atoms with Gasteiger partial charge >= 0.3 is 0 Å². The normalized spacial score (nSPS) is 12.9. The molecule has 27 heavy (non-hydrogen) atoms. The van der Waals surface area contributed by atoms with Crippen LogP contribution in [-0.2, 0) is 19.9 Å². The highest BCUT2D eigenvalue weighted by Crippen LogP contribution is 2.19. The first kappa shape index (κ1) is 21.2. The lowest BCUT2D eigenvalue weighted by Gasteiger charge is -2.18. The zero-order valence-electron chi connectivity index (χ0n) is 16.7. The molecule has 1 aromatic heterocycles. The molecule has 0 aliphatic heterocycles. The van der Waals surface area contributed by atoms with Crippen molar-refractivity contribution in [3.63, 3.8) is 0 Å². The monoisotopic (exact) mass is 393 g/mol. The summed E-state index contributed by atoms with van der Waals surface area (Å²) in [6, 6.07) is 4.92. The van der Waals surface area contributed by atoms with Gasteiger partial charge < -0.3 is 10.6 Å². The second-order valence-corrected chi connectivity index (χ2v) is 7.14. The second kappa shape index (κ2) is 9.74. The van der Waals surface area contributed by atoms with Gasteiger partial charge in [-0.05, 0) is 58.2 Å². The number of nitrogens with zero attached hydrogens (tertiary/aromatic N) is 3. The fourth-order valence-corrected chi connectivity index (χ4v) is 3.33. The SMILES string of the molecule is CCNC(=NCCc1c(F)cccc1Cl)NC(C)Cc1c(C)nn(C)c1C. The van der Waals surface area contributed by atoms with Gasteiger partial charge in [-0.3, -0.25) is 9.67 Å². The van der Waals surface area contributed by atoms with E-state index in [0.717, 1.165) is 24.6 Å². The minimum Gasteiger partial charge on any atom is -0.357 e. The lowest BCUT2D eigenvalue weighted by molar-refractivity contribution is 0.608. The molecule has 0 bridgehead atoms. The Hall–Kier alpha value is -2.08. The Morgan fingerprint density at radius 2 is 2.07 bits per heavy atom. The molecule has 1 heterocycles. The molecule has 0 aliphatic rings. The Bertz CT molecular complexity index is 780. The maximum Gasteiger partial charge on any atom is 0.191 e. The van der Waals surface area contributed by atoms with Crippen LogP contribution in [0.4, 0.5) is 4.39 Å². The van der Waals surface area contributed by atoms with Crippen molar-refractivity contribution >= 4 is 17.6 Å². The maximum atomic E-state index is 13.9. The fraction of sp³-hybridized carbons (Fsp3) is 0.500. The summed E-state index contributed by atoms with van der Waals surface area (Å²) in [5, 5.41) is 11.6. The number of guanidine groups is 1. The second-order valence-electron chi connectivity index (χ2n) is 6.73. The van der Waals surface area contributed by atoms with Crippen LogP contribution in [0.3, 0.4) is 0 Å². The third-order valence-corrected chi connectivity index (χ3v) is 4.94. The van der Waals surface area contributed by atoms with Crippen LogP contribution >= 0.6 is 11.6 Å². The summed E-state index contributed by atoms with van der Waals surface area (Å²) in [5.74, 6) is 0.434. The zero-order chi connectivity index (χ0) is 20.0. The quantitative estimate of drug-likeness (QED) is 0.558. The Kier molecular flexibility index (Phi) is 7.66. The standard InChI is InChI=1S/C20H29ClFN5/c1-6-23-20(24-11-10-16-18(21)8-7-9-19(16)22)25-13(2)12-17-14(3)26-27(5)15(17)4/h7-9,13H,6,10-12H2,1-5H3,(H2,23,24,25). The summed E-state index contributed by atoms with van der Waals surface area (Å²) < 4.78 is 15.8. The summed E-state index contributed by atoms with van der Waals surface area (Å²) in [5.41, 5.74) is 4.00. The minimum atomic E-state index is -0.286. The number of nitrogens with one attached hydrogen (secondary N) is 2. The molecular weight excluding hydrogens is 365 g/mol. The molecular formula is C20H29ClFN5. The number of hydrogen-bond acceptors (Lipinski definition) is 2. The minimum absolute atomic E-state index is 0.182. The summed E-state index contributed by atoms with van der Waals surface area (Å²) >= 11 is 6.08. The average molecular weight is 394 g/mol. The average Bonchev–Trinajstić information content (AvgIpc) is 2.84. The molecule has 0 saturated carbocycles. The van der Waals surface area contributed by atoms with Gasteiger partial charge in [-0.25, -0.2) is 4.39 Å². The predicted octanol–water partition coefficient (Wildman–Crippen LogP) is 3.56. The van der Waals surface area contributed by atoms with Crippen molar-refractivity contribution in [1.82, 2.24) is 20.4 Å². The first-order valence-electron chi connectivity index (χ1n) is 9.30. The van der Waals surface area contributed by atoms with Crippen LogP contribution in [0.5, 0.6) is 0 Å². The molecule has 1 atom stereocenters. The van der Waals surface area contributed by atoms with Crippen LogP contribution in [-0.4, -0.2) is 34.9 Å². The molecule has 0 fully saturated rings. The number of halogens is 2. The number of aliphatic imine (C=N–C) groups is 1. The molecule has 0 aliphatic carbocycles. The van der Waals surface area contributed by atoms with Crippen LogP contribution in [0.1, 0.15) is 36.4 Å². The van der Waals surface area contributed by atoms with E-state index in [1.165, 1.54) is 17.3 Å². The topological polar surface area (TPSA) is 54.2 Å². The molecule has 5 nitrogen and oxygen atoms in total. The number of hydrogen-bond donors (Lipinski definition) is 2. The number of aryl methyl sites for hydroxylation is 2. The highest BCUT2D eigenvalue weighted by Gasteiger charge is 2.14. The molecule has 1 aromatic carbocycles. The van der Waals surface area contributed by atoms with E-state index in [4.69, 9.17) is 11.6 Å². The molecule has 0 amide bonds. The zero-order valence-corrected chi connectivity index (χ0v) is 17.5. The fourth-order valence-electron chi connectivity index (χ4n) is 3.07. The summed E-state index contributed by atoms with van der Waals surface area (Å²) in [4.78, 5) is 4.57. The van der Waals surface area contributed by atoms with Crippen molar-refractivity contribution in [2.45, 2.75) is 46.6 Å². The van der Waals surface area contributed by atoms with E-state index in [1.54, 1.807) is 12.1 Å². The van der Waals surface area contributed by atoms with E-state index < -0.39 is 0 Å². The number of aromatic nitrogens is 2. The largest absolute Gasteiger partial charge is 0.357 e. The highest BCUT2D eigenvalue weighted by molar-refractivity contribution is 6.31. The van der Waals surface area contributed by atoms with Crippen LogP contribution in [0.15, 0.2) is 23.2 Å². The van der Waals surface area contributed by atoms with E-state index in [2.05, 4.69) is 34.6 Å². The number of rotatable bonds is 7. The van der Waals surface area contributed by atoms with Crippen molar-refractivity contribution in [2.75, 3.05) is 13.1 Å². The van der Waals surface area contributed by atoms with Crippen molar-refractivity contribution in [1.29, 1.82) is 0 Å². The molecule has 0 radical (unpaired) electrons. The van der Waals surface area contributed by atoms with Gasteiger partial charge in [0, 0.05) is 42.5 Å². The first-order valence-corrected chi connectivity index (χ1v) is 9.68. The Morgan fingerprint density at radius 3 is 2.67 bits per heavy atom. The highest BCUT2D eigenvalue weighted by atomic mass is 35.5. The van der Waals surface area contributed by atoms with Crippen LogP contribution in [0.2, 0.25) is 5.02 Å². The Morgan fingerprint density at radius 1 is 1.33 bits per heavy atom. The van der Waals surface area contributed by atoms with Gasteiger partial charge in [0.05, 0.1) is 5.69 Å². The maximum absolute atomic E-state index is 13.9. The van der Waals surface area contributed by atoms with Gasteiger partial charge in [0.15, 0.2) is 5.96 Å². The van der Waals surface area contributed by atoms with E-state index >= 15 is 0 Å². The van der Waals surface area contributed by atoms with E-state index in [-0.39, 0.29) is 11.9 Å². The van der Waals surface area contributed by atoms with Gasteiger partial charge in [0.2, 0.25) is 0 Å². The van der Waals surface area contributed by atoms with Crippen molar-refractivity contribution in [3.05, 3.63) is 51.6 Å². The predicted molar refractivity (Wildman–Crippen MR) is 110 cm³/mol. The molecule has 2 aromatic rings. The summed E-state index contributed by atoms with van der Waals surface area (Å²) in [6.07, 6.45) is 1.31. The molecule has 0 spiro atoms. The van der Waals surface area contributed by atoms with E-state index in [9.17, 15) is 4.39 Å². The molecule has 2 N–H and O–H groups in total.